The van der Waals surface area contributed by atoms with Gasteiger partial charge >= 0.3 is 0 Å². The number of hydrogen-bond acceptors (Lipinski definition) is 10. The average Bonchev–Trinajstić information content (AvgIpc) is 3.46. The van der Waals surface area contributed by atoms with Gasteiger partial charge in [-0.3, -0.25) is 4.57 Å². The van der Waals surface area contributed by atoms with Crippen molar-refractivity contribution in [3.8, 4) is 17.2 Å². The third kappa shape index (κ3) is 5.63. The molecule has 13 heteroatoms. The Labute approximate surface area is 227 Å². The molecule has 0 bridgehead atoms. The van der Waals surface area contributed by atoms with E-state index in [4.69, 9.17) is 30.5 Å². The van der Waals surface area contributed by atoms with Crippen LogP contribution < -0.4 is 9.47 Å². The van der Waals surface area contributed by atoms with Crippen molar-refractivity contribution < 1.29 is 27.4 Å². The predicted octanol–water partition coefficient (Wildman–Crippen LogP) is 4.05. The Hall–Kier alpha value is -2.80. The lowest BCUT2D eigenvalue weighted by Crippen LogP contribution is -2.30. The van der Waals surface area contributed by atoms with E-state index in [9.17, 15) is 8.42 Å². The van der Waals surface area contributed by atoms with Crippen LogP contribution in [0.25, 0.3) is 5.69 Å². The second kappa shape index (κ2) is 11.1. The van der Waals surface area contributed by atoms with Gasteiger partial charge in [0, 0.05) is 19.5 Å². The molecular weight excluding hydrogens is 534 g/mol. The summed E-state index contributed by atoms with van der Waals surface area (Å²) in [4.78, 5) is 8.31. The lowest BCUT2D eigenvalue weighted by molar-refractivity contribution is -0.0207. The van der Waals surface area contributed by atoms with Crippen molar-refractivity contribution >= 4 is 21.4 Å². The highest BCUT2D eigenvalue weighted by Crippen LogP contribution is 2.42. The van der Waals surface area contributed by atoms with Gasteiger partial charge in [-0.15, -0.1) is 10.2 Å². The maximum atomic E-state index is 13.7. The molecule has 0 spiro atoms. The van der Waals surface area contributed by atoms with Crippen LogP contribution in [0.1, 0.15) is 63.3 Å². The Kier molecular flexibility index (Phi) is 8.26. The lowest BCUT2D eigenvalue weighted by atomic mass is 10.1. The summed E-state index contributed by atoms with van der Waals surface area (Å²) in [5.74, 6) is 1.38. The number of hydrogen-bond donors (Lipinski definition) is 0. The SMILES string of the molecule is COc1cccc(OC)c1-n1c(CS(=O)(=O)[C@@H](C)[C@H](OC)c2ncc(Cl)cn2)nnc1[C@@H]1CCC(C)(C)O1. The van der Waals surface area contributed by atoms with Gasteiger partial charge < -0.3 is 18.9 Å². The molecule has 1 saturated heterocycles. The predicted molar refractivity (Wildman–Crippen MR) is 140 cm³/mol. The van der Waals surface area contributed by atoms with Crippen LogP contribution in [-0.2, 0) is 25.1 Å². The fourth-order valence-electron chi connectivity index (χ4n) is 4.57. The molecule has 1 aliphatic heterocycles. The summed E-state index contributed by atoms with van der Waals surface area (Å²) in [7, 11) is 0.608. The quantitative estimate of drug-likeness (QED) is 0.355. The number of halogens is 1. The van der Waals surface area contributed by atoms with Crippen LogP contribution in [0, 0.1) is 0 Å². The minimum atomic E-state index is -3.87. The normalized spacial score (nSPS) is 18.8. The van der Waals surface area contributed by atoms with Crippen molar-refractivity contribution in [2.45, 2.75) is 62.4 Å². The summed E-state index contributed by atoms with van der Waals surface area (Å²) >= 11 is 5.90. The maximum absolute atomic E-state index is 13.7. The van der Waals surface area contributed by atoms with E-state index in [1.165, 1.54) is 33.7 Å². The Bertz CT molecular complexity index is 1360. The third-order valence-electron chi connectivity index (χ3n) is 6.61. The molecule has 1 fully saturated rings. The van der Waals surface area contributed by atoms with E-state index in [0.717, 1.165) is 6.42 Å². The molecule has 3 heterocycles. The highest BCUT2D eigenvalue weighted by Gasteiger charge is 2.39. The average molecular weight is 566 g/mol. The smallest absolute Gasteiger partial charge is 0.167 e. The fraction of sp³-hybridized carbons (Fsp3) is 0.520. The van der Waals surface area contributed by atoms with Crippen LogP contribution in [0.3, 0.4) is 0 Å². The van der Waals surface area contributed by atoms with E-state index in [0.29, 0.717) is 34.5 Å². The van der Waals surface area contributed by atoms with Gasteiger partial charge in [-0.2, -0.15) is 0 Å². The first-order chi connectivity index (χ1) is 18.0. The highest BCUT2D eigenvalue weighted by molar-refractivity contribution is 7.91. The largest absolute Gasteiger partial charge is 0.494 e. The van der Waals surface area contributed by atoms with Gasteiger partial charge in [0.05, 0.1) is 30.1 Å². The molecule has 0 amide bonds. The summed E-state index contributed by atoms with van der Waals surface area (Å²) in [5.41, 5.74) is 0.144. The maximum Gasteiger partial charge on any atom is 0.167 e. The van der Waals surface area contributed by atoms with Crippen LogP contribution in [0.2, 0.25) is 5.02 Å². The Morgan fingerprint density at radius 2 is 1.76 bits per heavy atom. The molecule has 11 nitrogen and oxygen atoms in total. The number of aromatic nitrogens is 5. The summed E-state index contributed by atoms with van der Waals surface area (Å²) in [6.07, 6.45) is 2.99. The highest BCUT2D eigenvalue weighted by atomic mass is 35.5. The van der Waals surface area contributed by atoms with Crippen LogP contribution in [0.5, 0.6) is 11.5 Å². The van der Waals surface area contributed by atoms with Gasteiger partial charge in [0.2, 0.25) is 0 Å². The van der Waals surface area contributed by atoms with Gasteiger partial charge in [0.1, 0.15) is 35.1 Å². The molecule has 0 N–H and O–H groups in total. The van der Waals surface area contributed by atoms with Crippen LogP contribution >= 0.6 is 11.6 Å². The van der Waals surface area contributed by atoms with E-state index >= 15 is 0 Å². The van der Waals surface area contributed by atoms with Gasteiger partial charge in [0.15, 0.2) is 27.3 Å². The van der Waals surface area contributed by atoms with E-state index in [1.807, 2.05) is 13.8 Å². The zero-order chi connectivity index (χ0) is 27.7. The third-order valence-corrected chi connectivity index (χ3v) is 8.85. The number of methoxy groups -OCH3 is 3. The van der Waals surface area contributed by atoms with Crippen LogP contribution in [-0.4, -0.2) is 65.3 Å². The van der Waals surface area contributed by atoms with Gasteiger partial charge in [-0.05, 0) is 45.7 Å². The molecule has 0 unspecified atom stereocenters. The fourth-order valence-corrected chi connectivity index (χ4v) is 6.08. The standard InChI is InChI=1S/C25H32ClN5O6S/c1-15(22(36-6)23-27-12-16(26)13-28-23)38(32,33)14-20-29-30-24(19-10-11-25(2,3)37-19)31(20)21-17(34-4)8-7-9-18(21)35-5/h7-9,12-13,15,19,22H,10-11,14H2,1-6H3/t15-,19-,22-/m0/s1. The summed E-state index contributed by atoms with van der Waals surface area (Å²) in [6.45, 7) is 5.57. The van der Waals surface area contributed by atoms with Gasteiger partial charge in [-0.1, -0.05) is 17.7 Å². The van der Waals surface area contributed by atoms with Crippen molar-refractivity contribution in [1.82, 2.24) is 24.7 Å². The van der Waals surface area contributed by atoms with Crippen LogP contribution in [0.15, 0.2) is 30.6 Å². The minimum Gasteiger partial charge on any atom is -0.494 e. The summed E-state index contributed by atoms with van der Waals surface area (Å²) < 4.78 is 52.2. The zero-order valence-corrected chi connectivity index (χ0v) is 23.8. The second-order valence-electron chi connectivity index (χ2n) is 9.65. The molecule has 0 aliphatic carbocycles. The lowest BCUT2D eigenvalue weighted by Gasteiger charge is -2.23. The van der Waals surface area contributed by atoms with Crippen molar-refractivity contribution in [1.29, 1.82) is 0 Å². The van der Waals surface area contributed by atoms with E-state index < -0.39 is 33.0 Å². The van der Waals surface area contributed by atoms with Gasteiger partial charge in [-0.25, -0.2) is 18.4 Å². The van der Waals surface area contributed by atoms with Gasteiger partial charge in [0.25, 0.3) is 0 Å². The minimum absolute atomic E-state index is 0.190. The first-order valence-corrected chi connectivity index (χ1v) is 14.2. The molecule has 4 rings (SSSR count). The molecule has 3 atom stereocenters. The molecule has 0 radical (unpaired) electrons. The van der Waals surface area contributed by atoms with Crippen molar-refractivity contribution in [2.75, 3.05) is 21.3 Å². The monoisotopic (exact) mass is 565 g/mol. The molecule has 0 saturated carbocycles. The Balaban J connectivity index is 1.79. The number of nitrogens with zero attached hydrogens (tertiary/aromatic N) is 5. The Morgan fingerprint density at radius 1 is 1.13 bits per heavy atom. The molecular formula is C25H32ClN5O6S. The molecule has 3 aromatic rings. The van der Waals surface area contributed by atoms with E-state index in [-0.39, 0.29) is 17.2 Å². The second-order valence-corrected chi connectivity index (χ2v) is 12.4. The number of sulfone groups is 1. The zero-order valence-electron chi connectivity index (χ0n) is 22.2. The first kappa shape index (κ1) is 28.2. The molecule has 1 aromatic carbocycles. The summed E-state index contributed by atoms with van der Waals surface area (Å²) in [6, 6.07) is 5.32. The number of rotatable bonds is 10. The van der Waals surface area contributed by atoms with Crippen molar-refractivity contribution in [2.24, 2.45) is 0 Å². The van der Waals surface area contributed by atoms with E-state index in [2.05, 4.69) is 20.2 Å². The first-order valence-electron chi connectivity index (χ1n) is 12.1. The Morgan fingerprint density at radius 3 is 2.29 bits per heavy atom. The number of para-hydroxylation sites is 1. The van der Waals surface area contributed by atoms with Crippen molar-refractivity contribution in [3.63, 3.8) is 0 Å². The number of ether oxygens (including phenoxy) is 4. The molecule has 38 heavy (non-hydrogen) atoms. The van der Waals surface area contributed by atoms with Crippen LogP contribution in [0.4, 0.5) is 0 Å². The van der Waals surface area contributed by atoms with Crippen molar-refractivity contribution in [3.05, 3.63) is 53.1 Å². The molecule has 206 valence electrons. The molecule has 1 aliphatic rings. The topological polar surface area (TPSA) is 128 Å². The van der Waals surface area contributed by atoms with E-state index in [1.54, 1.807) is 29.7 Å². The molecule has 2 aromatic heterocycles. The number of benzene rings is 1. The summed E-state index contributed by atoms with van der Waals surface area (Å²) in [5, 5.41) is 8.06.